The summed E-state index contributed by atoms with van der Waals surface area (Å²) in [5, 5.41) is 10.9. The largest absolute Gasteiger partial charge is 0.490 e. The van der Waals surface area contributed by atoms with Gasteiger partial charge in [0.2, 0.25) is 0 Å². The molecule has 3 rings (SSSR count). The summed E-state index contributed by atoms with van der Waals surface area (Å²) in [5.74, 6) is 1.03. The summed E-state index contributed by atoms with van der Waals surface area (Å²) in [6.45, 7) is 2.86. The average molecular weight is 364 g/mol. The van der Waals surface area contributed by atoms with Gasteiger partial charge in [0, 0.05) is 24.8 Å². The molecule has 0 amide bonds. The standard InChI is InChI=1S/C22H28N4O/c1-26(15-3-5-17-4-2-6-18(16-17)22(23)24)19-7-9-20(10-8-19)27-21-11-13-25-14-12-21/h2-10,16,21,25H,11-15H2,1H3,(H3,23,24). The van der Waals surface area contributed by atoms with Crippen molar-refractivity contribution in [2.24, 2.45) is 5.73 Å². The maximum atomic E-state index is 7.52. The second kappa shape index (κ2) is 9.24. The number of likely N-dealkylation sites (N-methyl/N-ethyl adjacent to an activating group) is 1. The van der Waals surface area contributed by atoms with Crippen LogP contribution in [0, 0.1) is 5.41 Å². The van der Waals surface area contributed by atoms with Crippen molar-refractivity contribution in [3.05, 3.63) is 65.7 Å². The number of nitrogens with zero attached hydrogens (tertiary/aromatic N) is 1. The first kappa shape index (κ1) is 19.0. The molecular weight excluding hydrogens is 336 g/mol. The highest BCUT2D eigenvalue weighted by Crippen LogP contribution is 2.21. The van der Waals surface area contributed by atoms with E-state index < -0.39 is 0 Å². The van der Waals surface area contributed by atoms with E-state index in [1.54, 1.807) is 0 Å². The maximum Gasteiger partial charge on any atom is 0.122 e. The van der Waals surface area contributed by atoms with Gasteiger partial charge in [-0.25, -0.2) is 0 Å². The van der Waals surface area contributed by atoms with Gasteiger partial charge in [-0.3, -0.25) is 5.41 Å². The van der Waals surface area contributed by atoms with E-state index in [9.17, 15) is 0 Å². The fraction of sp³-hybridized carbons (Fsp3) is 0.318. The normalized spacial score (nSPS) is 15.0. The van der Waals surface area contributed by atoms with Gasteiger partial charge in [0.15, 0.2) is 0 Å². The molecule has 0 radical (unpaired) electrons. The Morgan fingerprint density at radius 2 is 1.96 bits per heavy atom. The summed E-state index contributed by atoms with van der Waals surface area (Å²) in [4.78, 5) is 2.18. The van der Waals surface area contributed by atoms with Gasteiger partial charge in [-0.2, -0.15) is 0 Å². The highest BCUT2D eigenvalue weighted by molar-refractivity contribution is 5.95. The molecule has 0 saturated carbocycles. The number of hydrogen-bond donors (Lipinski definition) is 3. The van der Waals surface area contributed by atoms with E-state index in [1.165, 1.54) is 0 Å². The molecule has 2 aromatic carbocycles. The topological polar surface area (TPSA) is 74.4 Å². The van der Waals surface area contributed by atoms with Crippen LogP contribution in [0.2, 0.25) is 0 Å². The van der Waals surface area contributed by atoms with Crippen molar-refractivity contribution in [3.8, 4) is 5.75 Å². The quantitative estimate of drug-likeness (QED) is 0.521. The molecule has 27 heavy (non-hydrogen) atoms. The summed E-state index contributed by atoms with van der Waals surface area (Å²) >= 11 is 0. The van der Waals surface area contributed by atoms with Crippen LogP contribution in [-0.4, -0.2) is 38.6 Å². The van der Waals surface area contributed by atoms with Gasteiger partial charge < -0.3 is 20.7 Å². The third kappa shape index (κ3) is 5.59. The van der Waals surface area contributed by atoms with Gasteiger partial charge in [0.1, 0.15) is 17.7 Å². The first-order chi connectivity index (χ1) is 13.1. The van der Waals surface area contributed by atoms with Crippen molar-refractivity contribution < 1.29 is 4.74 Å². The number of piperidine rings is 1. The Labute approximate surface area is 161 Å². The molecule has 1 fully saturated rings. The predicted octanol–water partition coefficient (Wildman–Crippen LogP) is 3.25. The molecule has 0 aromatic heterocycles. The molecule has 5 heteroatoms. The minimum absolute atomic E-state index is 0.0918. The van der Waals surface area contributed by atoms with E-state index in [0.29, 0.717) is 6.10 Å². The van der Waals surface area contributed by atoms with Gasteiger partial charge in [0.25, 0.3) is 0 Å². The lowest BCUT2D eigenvalue weighted by molar-refractivity contribution is 0.162. The van der Waals surface area contributed by atoms with Crippen LogP contribution in [-0.2, 0) is 0 Å². The third-order valence-corrected chi connectivity index (χ3v) is 4.75. The molecule has 0 spiro atoms. The van der Waals surface area contributed by atoms with E-state index in [1.807, 2.05) is 36.4 Å². The summed E-state index contributed by atoms with van der Waals surface area (Å²) in [5.41, 5.74) is 8.48. The number of rotatable bonds is 7. The first-order valence-electron chi connectivity index (χ1n) is 9.41. The zero-order chi connectivity index (χ0) is 19.1. The first-order valence-corrected chi connectivity index (χ1v) is 9.41. The number of amidine groups is 1. The predicted molar refractivity (Wildman–Crippen MR) is 113 cm³/mol. The molecule has 0 aliphatic carbocycles. The second-order valence-corrected chi connectivity index (χ2v) is 6.88. The monoisotopic (exact) mass is 364 g/mol. The molecule has 5 nitrogen and oxygen atoms in total. The van der Waals surface area contributed by atoms with Crippen molar-refractivity contribution in [1.82, 2.24) is 5.32 Å². The fourth-order valence-electron chi connectivity index (χ4n) is 3.15. The van der Waals surface area contributed by atoms with Gasteiger partial charge >= 0.3 is 0 Å². The number of anilines is 1. The van der Waals surface area contributed by atoms with E-state index in [-0.39, 0.29) is 5.84 Å². The van der Waals surface area contributed by atoms with Crippen LogP contribution in [0.5, 0.6) is 5.75 Å². The van der Waals surface area contributed by atoms with Crippen LogP contribution in [0.15, 0.2) is 54.6 Å². The number of benzene rings is 2. The highest BCUT2D eigenvalue weighted by atomic mass is 16.5. The molecule has 1 heterocycles. The number of nitrogens with one attached hydrogen (secondary N) is 2. The summed E-state index contributed by atoms with van der Waals surface area (Å²) in [7, 11) is 2.07. The molecule has 1 aliphatic heterocycles. The van der Waals surface area contributed by atoms with Gasteiger partial charge in [-0.1, -0.05) is 30.4 Å². The van der Waals surface area contributed by atoms with Gasteiger partial charge in [0.05, 0.1) is 0 Å². The molecule has 0 atom stereocenters. The van der Waals surface area contributed by atoms with Crippen LogP contribution in [0.25, 0.3) is 6.08 Å². The average Bonchev–Trinajstić information content (AvgIpc) is 2.69. The SMILES string of the molecule is CN(CC=Cc1cccc(C(=N)N)c1)c1ccc(OC2CCNCC2)cc1. The molecule has 1 saturated heterocycles. The second-order valence-electron chi connectivity index (χ2n) is 6.88. The lowest BCUT2D eigenvalue weighted by Crippen LogP contribution is -2.34. The highest BCUT2D eigenvalue weighted by Gasteiger charge is 2.14. The Morgan fingerprint density at radius 1 is 1.22 bits per heavy atom. The van der Waals surface area contributed by atoms with Crippen molar-refractivity contribution >= 4 is 17.6 Å². The van der Waals surface area contributed by atoms with Gasteiger partial charge in [-0.15, -0.1) is 0 Å². The van der Waals surface area contributed by atoms with Crippen molar-refractivity contribution in [2.75, 3.05) is 31.6 Å². The minimum Gasteiger partial charge on any atom is -0.490 e. The molecule has 4 N–H and O–H groups in total. The third-order valence-electron chi connectivity index (χ3n) is 4.75. The Balaban J connectivity index is 1.53. The van der Waals surface area contributed by atoms with Crippen LogP contribution < -0.4 is 20.7 Å². The number of nitrogen functional groups attached to an aromatic ring is 1. The zero-order valence-electron chi connectivity index (χ0n) is 15.8. The van der Waals surface area contributed by atoms with Crippen LogP contribution >= 0.6 is 0 Å². The Kier molecular flexibility index (Phi) is 6.49. The minimum atomic E-state index is 0.0918. The zero-order valence-corrected chi connectivity index (χ0v) is 15.8. The van der Waals surface area contributed by atoms with Crippen molar-refractivity contribution in [2.45, 2.75) is 18.9 Å². The Bertz CT molecular complexity index is 779. The number of nitrogens with two attached hydrogens (primary N) is 1. The lowest BCUT2D eigenvalue weighted by atomic mass is 10.1. The van der Waals surface area contributed by atoms with E-state index >= 15 is 0 Å². The van der Waals surface area contributed by atoms with Crippen molar-refractivity contribution in [1.29, 1.82) is 5.41 Å². The van der Waals surface area contributed by atoms with Crippen LogP contribution in [0.3, 0.4) is 0 Å². The lowest BCUT2D eigenvalue weighted by Gasteiger charge is -2.24. The van der Waals surface area contributed by atoms with Gasteiger partial charge in [-0.05, 0) is 61.8 Å². The van der Waals surface area contributed by atoms with Crippen molar-refractivity contribution in [3.63, 3.8) is 0 Å². The van der Waals surface area contributed by atoms with E-state index in [0.717, 1.165) is 55.0 Å². The number of ether oxygens (including phenoxy) is 1. The molecule has 0 unspecified atom stereocenters. The van der Waals surface area contributed by atoms with Crippen LogP contribution in [0.1, 0.15) is 24.0 Å². The summed E-state index contributed by atoms with van der Waals surface area (Å²) in [6.07, 6.45) is 6.62. The summed E-state index contributed by atoms with van der Waals surface area (Å²) < 4.78 is 6.06. The molecule has 2 aromatic rings. The summed E-state index contributed by atoms with van der Waals surface area (Å²) in [6, 6.07) is 16.0. The Hall–Kier alpha value is -2.79. The molecule has 0 bridgehead atoms. The van der Waals surface area contributed by atoms with E-state index in [2.05, 4.69) is 41.5 Å². The fourth-order valence-corrected chi connectivity index (χ4v) is 3.15. The Morgan fingerprint density at radius 3 is 2.67 bits per heavy atom. The smallest absolute Gasteiger partial charge is 0.122 e. The molecular formula is C22H28N4O. The van der Waals surface area contributed by atoms with Crippen LogP contribution in [0.4, 0.5) is 5.69 Å². The molecule has 142 valence electrons. The maximum absolute atomic E-state index is 7.52. The van der Waals surface area contributed by atoms with E-state index in [4.69, 9.17) is 15.9 Å². The number of hydrogen-bond acceptors (Lipinski definition) is 4. The molecule has 1 aliphatic rings.